The number of ether oxygens (including phenoxy) is 1. The van der Waals surface area contributed by atoms with Crippen molar-refractivity contribution in [3.05, 3.63) is 64.2 Å². The third-order valence-corrected chi connectivity index (χ3v) is 2.89. The molecule has 2 nitrogen and oxygen atoms in total. The molecule has 2 rings (SSSR count). The van der Waals surface area contributed by atoms with E-state index in [0.29, 0.717) is 10.6 Å². The zero-order valence-electron chi connectivity index (χ0n) is 11.0. The molecule has 0 amide bonds. The first-order valence-electron chi connectivity index (χ1n) is 6.15. The van der Waals surface area contributed by atoms with Gasteiger partial charge in [-0.3, -0.25) is 0 Å². The van der Waals surface area contributed by atoms with Gasteiger partial charge in [0.15, 0.2) is 11.6 Å². The highest BCUT2D eigenvalue weighted by Crippen LogP contribution is 2.21. The zero-order valence-corrected chi connectivity index (χ0v) is 11.8. The normalized spacial score (nSPS) is 9.90. The lowest BCUT2D eigenvalue weighted by Gasteiger charge is -2.09. The van der Waals surface area contributed by atoms with E-state index in [4.69, 9.17) is 22.1 Å². The Morgan fingerprint density at radius 1 is 1.10 bits per heavy atom. The summed E-state index contributed by atoms with van der Waals surface area (Å²) in [4.78, 5) is 0. The fourth-order valence-corrected chi connectivity index (χ4v) is 1.85. The van der Waals surface area contributed by atoms with Crippen LogP contribution in [0.3, 0.4) is 0 Å². The first-order chi connectivity index (χ1) is 10.1. The van der Waals surface area contributed by atoms with Crippen LogP contribution < -0.4 is 10.5 Å². The lowest BCUT2D eigenvalue weighted by atomic mass is 10.2. The molecular formula is C16H12ClF2NO. The standard InChI is InChI=1S/C16H12ClF2NO/c17-13-4-6-14(18)12(9-13)10-21-16-8-11(2-1-7-20)3-5-15(16)19/h3-6,8-9H,7,10,20H2. The van der Waals surface area contributed by atoms with Crippen molar-refractivity contribution in [2.45, 2.75) is 6.61 Å². The third kappa shape index (κ3) is 4.19. The van der Waals surface area contributed by atoms with E-state index < -0.39 is 11.6 Å². The molecule has 0 spiro atoms. The molecule has 0 unspecified atom stereocenters. The molecule has 0 aliphatic carbocycles. The summed E-state index contributed by atoms with van der Waals surface area (Å²) < 4.78 is 32.5. The highest BCUT2D eigenvalue weighted by atomic mass is 35.5. The molecular weight excluding hydrogens is 296 g/mol. The fourth-order valence-electron chi connectivity index (χ4n) is 1.65. The Morgan fingerprint density at radius 2 is 1.86 bits per heavy atom. The van der Waals surface area contributed by atoms with Gasteiger partial charge in [-0.15, -0.1) is 0 Å². The first-order valence-corrected chi connectivity index (χ1v) is 6.53. The first kappa shape index (κ1) is 15.3. The maximum Gasteiger partial charge on any atom is 0.165 e. The predicted octanol–water partition coefficient (Wildman–Crippen LogP) is 3.51. The van der Waals surface area contributed by atoms with Crippen LogP contribution in [-0.2, 0) is 6.61 Å². The highest BCUT2D eigenvalue weighted by molar-refractivity contribution is 6.30. The molecule has 0 saturated heterocycles. The van der Waals surface area contributed by atoms with E-state index in [2.05, 4.69) is 11.8 Å². The van der Waals surface area contributed by atoms with Gasteiger partial charge < -0.3 is 10.5 Å². The number of nitrogens with two attached hydrogens (primary N) is 1. The number of hydrogen-bond donors (Lipinski definition) is 1. The molecule has 0 heterocycles. The van der Waals surface area contributed by atoms with Crippen molar-refractivity contribution < 1.29 is 13.5 Å². The summed E-state index contributed by atoms with van der Waals surface area (Å²) in [6, 6.07) is 8.31. The molecule has 2 N–H and O–H groups in total. The van der Waals surface area contributed by atoms with Gasteiger partial charge in [-0.05, 0) is 36.4 Å². The van der Waals surface area contributed by atoms with Crippen LogP contribution >= 0.6 is 11.6 Å². The van der Waals surface area contributed by atoms with Gasteiger partial charge in [-0.1, -0.05) is 23.4 Å². The predicted molar refractivity (Wildman–Crippen MR) is 78.1 cm³/mol. The number of hydrogen-bond acceptors (Lipinski definition) is 2. The molecule has 0 aliphatic heterocycles. The van der Waals surface area contributed by atoms with Crippen LogP contribution in [-0.4, -0.2) is 6.54 Å². The van der Waals surface area contributed by atoms with Crippen molar-refractivity contribution in [2.75, 3.05) is 6.54 Å². The topological polar surface area (TPSA) is 35.2 Å². The van der Waals surface area contributed by atoms with Crippen LogP contribution in [0.15, 0.2) is 36.4 Å². The van der Waals surface area contributed by atoms with Crippen LogP contribution in [0.2, 0.25) is 5.02 Å². The van der Waals surface area contributed by atoms with Gasteiger partial charge in [-0.2, -0.15) is 0 Å². The second kappa shape index (κ2) is 7.07. The maximum absolute atomic E-state index is 13.7. The zero-order chi connectivity index (χ0) is 15.2. The van der Waals surface area contributed by atoms with E-state index in [0.717, 1.165) is 0 Å². The Morgan fingerprint density at radius 3 is 2.62 bits per heavy atom. The highest BCUT2D eigenvalue weighted by Gasteiger charge is 2.08. The average molecular weight is 308 g/mol. The summed E-state index contributed by atoms with van der Waals surface area (Å²) in [5, 5.41) is 0.387. The van der Waals surface area contributed by atoms with Gasteiger partial charge in [0.05, 0.1) is 6.54 Å². The van der Waals surface area contributed by atoms with Crippen molar-refractivity contribution in [1.29, 1.82) is 0 Å². The van der Waals surface area contributed by atoms with Crippen LogP contribution in [0.4, 0.5) is 8.78 Å². The summed E-state index contributed by atoms with van der Waals surface area (Å²) in [5.41, 5.74) is 6.10. The largest absolute Gasteiger partial charge is 0.486 e. The van der Waals surface area contributed by atoms with Crippen LogP contribution in [0, 0.1) is 23.5 Å². The van der Waals surface area contributed by atoms with E-state index in [1.807, 2.05) is 0 Å². The van der Waals surface area contributed by atoms with Crippen molar-refractivity contribution in [3.63, 3.8) is 0 Å². The molecule has 0 aliphatic rings. The Labute approximate surface area is 126 Å². The number of rotatable bonds is 3. The van der Waals surface area contributed by atoms with Gasteiger partial charge in [0.2, 0.25) is 0 Å². The fraction of sp³-hybridized carbons (Fsp3) is 0.125. The molecule has 0 fully saturated rings. The quantitative estimate of drug-likeness (QED) is 0.881. The Balaban J connectivity index is 2.17. The van der Waals surface area contributed by atoms with Crippen LogP contribution in [0.25, 0.3) is 0 Å². The summed E-state index contributed by atoms with van der Waals surface area (Å²) in [5.74, 6) is 4.43. The smallest absolute Gasteiger partial charge is 0.165 e. The molecule has 108 valence electrons. The summed E-state index contributed by atoms with van der Waals surface area (Å²) in [6.07, 6.45) is 0. The van der Waals surface area contributed by atoms with E-state index >= 15 is 0 Å². The minimum Gasteiger partial charge on any atom is -0.486 e. The molecule has 0 bridgehead atoms. The number of benzene rings is 2. The Kier molecular flexibility index (Phi) is 5.15. The molecule has 21 heavy (non-hydrogen) atoms. The average Bonchev–Trinajstić information content (AvgIpc) is 2.48. The second-order valence-corrected chi connectivity index (χ2v) is 4.61. The summed E-state index contributed by atoms with van der Waals surface area (Å²) >= 11 is 5.79. The van der Waals surface area contributed by atoms with Gasteiger partial charge in [0, 0.05) is 16.1 Å². The van der Waals surface area contributed by atoms with Gasteiger partial charge in [0.1, 0.15) is 12.4 Å². The molecule has 0 atom stereocenters. The SMILES string of the molecule is NCC#Cc1ccc(F)c(OCc2cc(Cl)ccc2F)c1. The molecule has 0 saturated carbocycles. The van der Waals surface area contributed by atoms with Crippen LogP contribution in [0.1, 0.15) is 11.1 Å². The minimum atomic E-state index is -0.546. The molecule has 2 aromatic carbocycles. The van der Waals surface area contributed by atoms with Crippen molar-refractivity contribution >= 4 is 11.6 Å². The van der Waals surface area contributed by atoms with E-state index in [1.54, 1.807) is 0 Å². The monoisotopic (exact) mass is 307 g/mol. The lowest BCUT2D eigenvalue weighted by Crippen LogP contribution is -2.00. The van der Waals surface area contributed by atoms with E-state index in [9.17, 15) is 8.78 Å². The lowest BCUT2D eigenvalue weighted by molar-refractivity contribution is 0.284. The minimum absolute atomic E-state index is 0.00167. The molecule has 5 heteroatoms. The Hall–Kier alpha value is -2.09. The van der Waals surface area contributed by atoms with Gasteiger partial charge >= 0.3 is 0 Å². The van der Waals surface area contributed by atoms with Gasteiger partial charge in [-0.25, -0.2) is 8.78 Å². The Bertz CT molecular complexity index is 707. The molecule has 0 radical (unpaired) electrons. The van der Waals surface area contributed by atoms with Crippen molar-refractivity contribution in [3.8, 4) is 17.6 Å². The molecule has 0 aromatic heterocycles. The summed E-state index contributed by atoms with van der Waals surface area (Å²) in [6.45, 7) is 0.0817. The van der Waals surface area contributed by atoms with E-state index in [-0.39, 0.29) is 24.5 Å². The van der Waals surface area contributed by atoms with Crippen molar-refractivity contribution in [2.24, 2.45) is 5.73 Å². The van der Waals surface area contributed by atoms with Crippen LogP contribution in [0.5, 0.6) is 5.75 Å². The third-order valence-electron chi connectivity index (χ3n) is 2.66. The van der Waals surface area contributed by atoms with E-state index in [1.165, 1.54) is 36.4 Å². The van der Waals surface area contributed by atoms with Crippen molar-refractivity contribution in [1.82, 2.24) is 0 Å². The second-order valence-electron chi connectivity index (χ2n) is 4.18. The summed E-state index contributed by atoms with van der Waals surface area (Å²) in [7, 11) is 0. The molecule has 2 aromatic rings. The maximum atomic E-state index is 13.7. The number of halogens is 3. The van der Waals surface area contributed by atoms with Gasteiger partial charge in [0.25, 0.3) is 0 Å².